The second-order valence-electron chi connectivity index (χ2n) is 7.83. The molecule has 2 fully saturated rings. The fourth-order valence-electron chi connectivity index (χ4n) is 4.15. The zero-order valence-electron chi connectivity index (χ0n) is 16.3. The first kappa shape index (κ1) is 19.4. The van der Waals surface area contributed by atoms with Crippen LogP contribution in [0.1, 0.15) is 31.5 Å². The van der Waals surface area contributed by atoms with Gasteiger partial charge < -0.3 is 15.2 Å². The number of nitrogens with zero attached hydrogens (tertiary/aromatic N) is 3. The highest BCUT2D eigenvalue weighted by atomic mass is 32.1. The number of fused-ring (bicyclic) bond motifs is 1. The molecular formula is C21H26N4O2S2. The summed E-state index contributed by atoms with van der Waals surface area (Å²) in [6.07, 6.45) is 3.51. The van der Waals surface area contributed by atoms with Crippen molar-refractivity contribution in [2.75, 3.05) is 31.6 Å². The smallest absolute Gasteiger partial charge is 0.146 e. The molecule has 0 radical (unpaired) electrons. The topological polar surface area (TPSA) is 70.5 Å². The first-order chi connectivity index (χ1) is 14.3. The summed E-state index contributed by atoms with van der Waals surface area (Å²) in [6.45, 7) is 4.16. The van der Waals surface area contributed by atoms with E-state index in [0.717, 1.165) is 80.4 Å². The number of nitrogens with one attached hydrogen (secondary N) is 1. The van der Waals surface area contributed by atoms with Crippen molar-refractivity contribution in [2.24, 2.45) is 0 Å². The van der Waals surface area contributed by atoms with E-state index in [-0.39, 0.29) is 6.10 Å². The van der Waals surface area contributed by atoms with Gasteiger partial charge in [-0.15, -0.1) is 22.7 Å². The van der Waals surface area contributed by atoms with Crippen LogP contribution >= 0.6 is 22.7 Å². The van der Waals surface area contributed by atoms with E-state index in [9.17, 15) is 5.11 Å². The average Bonchev–Trinajstić information content (AvgIpc) is 3.40. The molecule has 154 valence electrons. The summed E-state index contributed by atoms with van der Waals surface area (Å²) < 4.78 is 5.47. The van der Waals surface area contributed by atoms with E-state index in [0.29, 0.717) is 6.04 Å². The highest BCUT2D eigenvalue weighted by Crippen LogP contribution is 2.39. The minimum absolute atomic E-state index is 0.154. The lowest BCUT2D eigenvalue weighted by Crippen LogP contribution is -2.36. The van der Waals surface area contributed by atoms with Gasteiger partial charge in [-0.25, -0.2) is 9.97 Å². The second-order valence-corrected chi connectivity index (χ2v) is 9.64. The molecule has 1 aliphatic carbocycles. The maximum atomic E-state index is 9.86. The van der Waals surface area contributed by atoms with Gasteiger partial charge in [-0.3, -0.25) is 4.90 Å². The minimum Gasteiger partial charge on any atom is -0.393 e. The number of ether oxygens (including phenoxy) is 1. The predicted octanol–water partition coefficient (Wildman–Crippen LogP) is 3.97. The van der Waals surface area contributed by atoms with Crippen molar-refractivity contribution in [3.8, 4) is 10.4 Å². The number of aliphatic hydroxyl groups is 1. The van der Waals surface area contributed by atoms with E-state index >= 15 is 0 Å². The Kier molecular flexibility index (Phi) is 5.78. The monoisotopic (exact) mass is 430 g/mol. The van der Waals surface area contributed by atoms with Crippen molar-refractivity contribution in [1.82, 2.24) is 14.9 Å². The Morgan fingerprint density at radius 1 is 1.14 bits per heavy atom. The minimum atomic E-state index is -0.154. The van der Waals surface area contributed by atoms with Crippen molar-refractivity contribution in [3.05, 3.63) is 28.7 Å². The zero-order chi connectivity index (χ0) is 19.6. The van der Waals surface area contributed by atoms with Crippen LogP contribution in [0.15, 0.2) is 22.9 Å². The van der Waals surface area contributed by atoms with Gasteiger partial charge in [0, 0.05) is 35.0 Å². The number of hydrogen-bond donors (Lipinski definition) is 2. The summed E-state index contributed by atoms with van der Waals surface area (Å²) in [5.41, 5.74) is 1.22. The molecule has 8 heteroatoms. The predicted molar refractivity (Wildman–Crippen MR) is 119 cm³/mol. The molecule has 1 saturated carbocycles. The number of thiophene rings is 2. The fraction of sp³-hybridized carbons (Fsp3) is 0.524. The Bertz CT molecular complexity index is 945. The molecule has 5 rings (SSSR count). The Balaban J connectivity index is 1.49. The lowest BCUT2D eigenvalue weighted by atomic mass is 9.93. The molecule has 29 heavy (non-hydrogen) atoms. The Labute approximate surface area is 178 Å². The van der Waals surface area contributed by atoms with E-state index < -0.39 is 0 Å². The van der Waals surface area contributed by atoms with Gasteiger partial charge in [0.2, 0.25) is 0 Å². The van der Waals surface area contributed by atoms with Gasteiger partial charge in [-0.05, 0) is 37.1 Å². The van der Waals surface area contributed by atoms with Crippen LogP contribution in [0.25, 0.3) is 20.7 Å². The lowest BCUT2D eigenvalue weighted by molar-refractivity contribution is 0.0331. The number of aromatic nitrogens is 2. The second kappa shape index (κ2) is 8.65. The van der Waals surface area contributed by atoms with Crippen molar-refractivity contribution in [3.63, 3.8) is 0 Å². The summed E-state index contributed by atoms with van der Waals surface area (Å²) >= 11 is 3.45. The quantitative estimate of drug-likeness (QED) is 0.638. The molecule has 0 spiro atoms. The number of morpholine rings is 1. The summed E-state index contributed by atoms with van der Waals surface area (Å²) in [4.78, 5) is 14.6. The van der Waals surface area contributed by atoms with Crippen LogP contribution in [0.3, 0.4) is 0 Å². The van der Waals surface area contributed by atoms with E-state index in [1.807, 2.05) is 0 Å². The number of aliphatic hydroxyl groups excluding tert-OH is 1. The van der Waals surface area contributed by atoms with E-state index in [1.165, 1.54) is 10.4 Å². The summed E-state index contributed by atoms with van der Waals surface area (Å²) in [5.74, 6) is 1.82. The van der Waals surface area contributed by atoms with Crippen molar-refractivity contribution >= 4 is 38.7 Å². The van der Waals surface area contributed by atoms with Crippen LogP contribution in [0.4, 0.5) is 5.82 Å². The molecule has 0 unspecified atom stereocenters. The molecular weight excluding hydrogens is 404 g/mol. The largest absolute Gasteiger partial charge is 0.393 e. The van der Waals surface area contributed by atoms with Crippen LogP contribution in [-0.2, 0) is 11.3 Å². The average molecular weight is 431 g/mol. The van der Waals surface area contributed by atoms with Gasteiger partial charge in [0.05, 0.1) is 31.2 Å². The lowest BCUT2D eigenvalue weighted by Gasteiger charge is -2.28. The molecule has 3 aromatic heterocycles. The van der Waals surface area contributed by atoms with Gasteiger partial charge in [0.25, 0.3) is 0 Å². The first-order valence-corrected chi connectivity index (χ1v) is 12.1. The molecule has 3 aromatic rings. The molecule has 1 saturated heterocycles. The summed E-state index contributed by atoms with van der Waals surface area (Å²) in [7, 11) is 0. The molecule has 1 aliphatic heterocycles. The van der Waals surface area contributed by atoms with Crippen molar-refractivity contribution < 1.29 is 9.84 Å². The Morgan fingerprint density at radius 3 is 2.72 bits per heavy atom. The third kappa shape index (κ3) is 4.32. The SMILES string of the molecule is OC1CCC(Nc2nc(CN3CCOCC3)nc3scc(-c4cccs4)c23)CC1. The van der Waals surface area contributed by atoms with Gasteiger partial charge in [0.15, 0.2) is 0 Å². The molecule has 0 amide bonds. The maximum Gasteiger partial charge on any atom is 0.146 e. The van der Waals surface area contributed by atoms with Gasteiger partial charge in [0.1, 0.15) is 16.5 Å². The van der Waals surface area contributed by atoms with Gasteiger partial charge >= 0.3 is 0 Å². The Morgan fingerprint density at radius 2 is 1.97 bits per heavy atom. The zero-order valence-corrected chi connectivity index (χ0v) is 18.0. The molecule has 0 atom stereocenters. The molecule has 2 aliphatic rings. The van der Waals surface area contributed by atoms with Crippen LogP contribution in [-0.4, -0.2) is 58.4 Å². The maximum absolute atomic E-state index is 9.86. The Hall–Kier alpha value is -1.58. The highest BCUT2D eigenvalue weighted by Gasteiger charge is 2.23. The van der Waals surface area contributed by atoms with Crippen molar-refractivity contribution in [1.29, 1.82) is 0 Å². The number of hydrogen-bond acceptors (Lipinski definition) is 8. The molecule has 4 heterocycles. The molecule has 2 N–H and O–H groups in total. The van der Waals surface area contributed by atoms with E-state index in [1.54, 1.807) is 22.7 Å². The van der Waals surface area contributed by atoms with Crippen LogP contribution < -0.4 is 5.32 Å². The number of anilines is 1. The standard InChI is InChI=1S/C21H26N4O2S2/c26-15-5-3-14(4-6-15)22-20-19-16(17-2-1-11-28-17)13-29-21(19)24-18(23-20)12-25-7-9-27-10-8-25/h1-2,11,13-15,26H,3-10,12H2,(H,22,23,24). The van der Waals surface area contributed by atoms with E-state index in [2.05, 4.69) is 33.1 Å². The van der Waals surface area contributed by atoms with Gasteiger partial charge in [-0.1, -0.05) is 6.07 Å². The molecule has 6 nitrogen and oxygen atoms in total. The van der Waals surface area contributed by atoms with Gasteiger partial charge in [-0.2, -0.15) is 0 Å². The summed E-state index contributed by atoms with van der Waals surface area (Å²) in [6, 6.07) is 4.60. The summed E-state index contributed by atoms with van der Waals surface area (Å²) in [5, 5.41) is 19.0. The molecule has 0 bridgehead atoms. The highest BCUT2D eigenvalue weighted by molar-refractivity contribution is 7.18. The van der Waals surface area contributed by atoms with Crippen LogP contribution in [0, 0.1) is 0 Å². The van der Waals surface area contributed by atoms with Crippen LogP contribution in [0.5, 0.6) is 0 Å². The van der Waals surface area contributed by atoms with Crippen molar-refractivity contribution in [2.45, 2.75) is 44.4 Å². The normalized spacial score (nSPS) is 23.5. The molecule has 0 aromatic carbocycles. The van der Waals surface area contributed by atoms with E-state index in [4.69, 9.17) is 14.7 Å². The third-order valence-corrected chi connectivity index (χ3v) is 7.55. The third-order valence-electron chi connectivity index (χ3n) is 5.77. The first-order valence-electron chi connectivity index (χ1n) is 10.3. The fourth-order valence-corrected chi connectivity index (χ4v) is 5.93. The number of rotatable bonds is 5. The van der Waals surface area contributed by atoms with Crippen LogP contribution in [0.2, 0.25) is 0 Å².